The van der Waals surface area contributed by atoms with Crippen molar-refractivity contribution >= 4 is 0 Å². The molecule has 2 N–H and O–H groups in total. The number of hydrogen-bond donors (Lipinski definition) is 2. The van der Waals surface area contributed by atoms with Crippen LogP contribution in [0.2, 0.25) is 0 Å². The molecule has 1 aromatic rings. The molecular weight excluding hydrogens is 254 g/mol. The van der Waals surface area contributed by atoms with Gasteiger partial charge in [-0.3, -0.25) is 0 Å². The van der Waals surface area contributed by atoms with E-state index in [1.807, 2.05) is 18.2 Å². The standard InChI is InChI=1S/C16H27NO3/c1-6-9-16(2,3)17-11-14(18)13-10-12(19-4)7-8-15(13)20-5/h7-8,10,14,17-18H,6,9,11H2,1-5H3. The lowest BCUT2D eigenvalue weighted by Gasteiger charge is -2.28. The number of nitrogens with one attached hydrogen (secondary N) is 1. The molecule has 0 radical (unpaired) electrons. The molecule has 0 bridgehead atoms. The molecule has 114 valence electrons. The monoisotopic (exact) mass is 281 g/mol. The zero-order chi connectivity index (χ0) is 15.2. The van der Waals surface area contributed by atoms with Gasteiger partial charge in [0, 0.05) is 17.6 Å². The second-order valence-electron chi connectivity index (χ2n) is 5.64. The number of benzene rings is 1. The number of methoxy groups -OCH3 is 2. The Hall–Kier alpha value is -1.26. The van der Waals surface area contributed by atoms with Crippen LogP contribution in [0.5, 0.6) is 11.5 Å². The van der Waals surface area contributed by atoms with Gasteiger partial charge in [-0.2, -0.15) is 0 Å². The van der Waals surface area contributed by atoms with E-state index in [1.54, 1.807) is 14.2 Å². The van der Waals surface area contributed by atoms with Crippen molar-refractivity contribution in [3.05, 3.63) is 23.8 Å². The van der Waals surface area contributed by atoms with Crippen LogP contribution in [0, 0.1) is 0 Å². The number of aliphatic hydroxyl groups is 1. The van der Waals surface area contributed by atoms with Gasteiger partial charge in [0.15, 0.2) is 0 Å². The van der Waals surface area contributed by atoms with E-state index in [4.69, 9.17) is 9.47 Å². The first kappa shape index (κ1) is 16.8. The van der Waals surface area contributed by atoms with Crippen molar-refractivity contribution < 1.29 is 14.6 Å². The molecule has 0 aromatic heterocycles. The zero-order valence-electron chi connectivity index (χ0n) is 13.2. The van der Waals surface area contributed by atoms with Gasteiger partial charge >= 0.3 is 0 Å². The Kier molecular flexibility index (Phi) is 6.30. The van der Waals surface area contributed by atoms with Gasteiger partial charge < -0.3 is 19.9 Å². The summed E-state index contributed by atoms with van der Waals surface area (Å²) in [6.07, 6.45) is 1.55. The molecule has 0 saturated heterocycles. The van der Waals surface area contributed by atoms with E-state index in [0.717, 1.165) is 18.4 Å². The van der Waals surface area contributed by atoms with Gasteiger partial charge in [0.05, 0.1) is 20.3 Å². The van der Waals surface area contributed by atoms with E-state index < -0.39 is 6.10 Å². The molecule has 1 rings (SSSR count). The van der Waals surface area contributed by atoms with E-state index in [9.17, 15) is 5.11 Å². The SMILES string of the molecule is CCCC(C)(C)NCC(O)c1cc(OC)ccc1OC. The maximum absolute atomic E-state index is 10.4. The molecule has 1 aromatic carbocycles. The van der Waals surface area contributed by atoms with Crippen molar-refractivity contribution in [2.45, 2.75) is 45.3 Å². The first-order valence-corrected chi connectivity index (χ1v) is 7.08. The fourth-order valence-corrected chi connectivity index (χ4v) is 2.30. The molecule has 0 aliphatic carbocycles. The molecule has 0 aliphatic heterocycles. The van der Waals surface area contributed by atoms with Crippen molar-refractivity contribution in [1.29, 1.82) is 0 Å². The molecule has 0 heterocycles. The summed E-state index contributed by atoms with van der Waals surface area (Å²) >= 11 is 0. The van der Waals surface area contributed by atoms with Crippen molar-refractivity contribution in [3.63, 3.8) is 0 Å². The van der Waals surface area contributed by atoms with Gasteiger partial charge in [-0.05, 0) is 38.5 Å². The smallest absolute Gasteiger partial charge is 0.124 e. The molecule has 0 saturated carbocycles. The summed E-state index contributed by atoms with van der Waals surface area (Å²) in [4.78, 5) is 0. The van der Waals surface area contributed by atoms with Crippen LogP contribution in [0.25, 0.3) is 0 Å². The Bertz CT molecular complexity index is 418. The third kappa shape index (κ3) is 4.69. The average Bonchev–Trinajstić information content (AvgIpc) is 2.44. The van der Waals surface area contributed by atoms with E-state index in [0.29, 0.717) is 18.0 Å². The fraction of sp³-hybridized carbons (Fsp3) is 0.625. The van der Waals surface area contributed by atoms with Gasteiger partial charge in [-0.25, -0.2) is 0 Å². The van der Waals surface area contributed by atoms with E-state index in [1.165, 1.54) is 0 Å². The largest absolute Gasteiger partial charge is 0.497 e. The molecule has 1 unspecified atom stereocenters. The van der Waals surface area contributed by atoms with Gasteiger partial charge in [-0.15, -0.1) is 0 Å². The Morgan fingerprint density at radius 3 is 2.50 bits per heavy atom. The minimum Gasteiger partial charge on any atom is -0.497 e. The van der Waals surface area contributed by atoms with Crippen LogP contribution >= 0.6 is 0 Å². The number of ether oxygens (including phenoxy) is 2. The number of rotatable bonds is 8. The van der Waals surface area contributed by atoms with Crippen molar-refractivity contribution in [2.24, 2.45) is 0 Å². The van der Waals surface area contributed by atoms with Gasteiger partial charge in [-0.1, -0.05) is 13.3 Å². The summed E-state index contributed by atoms with van der Waals surface area (Å²) in [7, 11) is 3.22. The predicted molar refractivity (Wildman–Crippen MR) is 81.5 cm³/mol. The first-order chi connectivity index (χ1) is 9.43. The zero-order valence-corrected chi connectivity index (χ0v) is 13.2. The normalized spacial score (nSPS) is 13.1. The molecule has 20 heavy (non-hydrogen) atoms. The highest BCUT2D eigenvalue weighted by Gasteiger charge is 2.20. The maximum atomic E-state index is 10.4. The van der Waals surface area contributed by atoms with Gasteiger partial charge in [0.1, 0.15) is 11.5 Å². The van der Waals surface area contributed by atoms with Crippen LogP contribution in [-0.2, 0) is 0 Å². The fourth-order valence-electron chi connectivity index (χ4n) is 2.30. The molecular formula is C16H27NO3. The minimum atomic E-state index is -0.629. The Labute approximate surface area is 122 Å². The second-order valence-corrected chi connectivity index (χ2v) is 5.64. The second kappa shape index (κ2) is 7.50. The van der Waals surface area contributed by atoms with Crippen molar-refractivity contribution in [2.75, 3.05) is 20.8 Å². The average molecular weight is 281 g/mol. The summed E-state index contributed by atoms with van der Waals surface area (Å²) in [5.74, 6) is 1.39. The van der Waals surface area contributed by atoms with Crippen LogP contribution < -0.4 is 14.8 Å². The Balaban J connectivity index is 2.78. The Morgan fingerprint density at radius 1 is 1.25 bits per heavy atom. The highest BCUT2D eigenvalue weighted by Crippen LogP contribution is 2.29. The minimum absolute atomic E-state index is 0.0157. The number of hydrogen-bond acceptors (Lipinski definition) is 4. The lowest BCUT2D eigenvalue weighted by atomic mass is 9.98. The van der Waals surface area contributed by atoms with Crippen LogP contribution in [0.3, 0.4) is 0 Å². The molecule has 0 spiro atoms. The molecule has 1 atom stereocenters. The topological polar surface area (TPSA) is 50.7 Å². The van der Waals surface area contributed by atoms with E-state index in [2.05, 4.69) is 26.1 Å². The Morgan fingerprint density at radius 2 is 1.95 bits per heavy atom. The van der Waals surface area contributed by atoms with Crippen molar-refractivity contribution in [3.8, 4) is 11.5 Å². The van der Waals surface area contributed by atoms with E-state index >= 15 is 0 Å². The van der Waals surface area contributed by atoms with Gasteiger partial charge in [0.25, 0.3) is 0 Å². The third-order valence-corrected chi connectivity index (χ3v) is 3.44. The van der Waals surface area contributed by atoms with Crippen LogP contribution in [0.4, 0.5) is 0 Å². The quantitative estimate of drug-likeness (QED) is 0.769. The summed E-state index contributed by atoms with van der Waals surface area (Å²) in [5.41, 5.74) is 0.758. The van der Waals surface area contributed by atoms with Crippen LogP contribution in [0.1, 0.15) is 45.3 Å². The number of β-amino-alcohol motifs (C(OH)–C–C–N with tert-alkyl or cyclic N) is 1. The highest BCUT2D eigenvalue weighted by molar-refractivity contribution is 5.41. The molecule has 4 heteroatoms. The molecule has 0 fully saturated rings. The first-order valence-electron chi connectivity index (χ1n) is 7.08. The molecule has 0 aliphatic rings. The summed E-state index contributed by atoms with van der Waals surface area (Å²) in [6.45, 7) is 6.93. The predicted octanol–water partition coefficient (Wildman–Crippen LogP) is 2.91. The molecule has 4 nitrogen and oxygen atoms in total. The molecule has 0 amide bonds. The highest BCUT2D eigenvalue weighted by atomic mass is 16.5. The lowest BCUT2D eigenvalue weighted by Crippen LogP contribution is -2.41. The van der Waals surface area contributed by atoms with Crippen LogP contribution in [0.15, 0.2) is 18.2 Å². The van der Waals surface area contributed by atoms with Gasteiger partial charge in [0.2, 0.25) is 0 Å². The van der Waals surface area contributed by atoms with E-state index in [-0.39, 0.29) is 5.54 Å². The summed E-state index contributed by atoms with van der Waals surface area (Å²) in [5, 5.41) is 13.8. The maximum Gasteiger partial charge on any atom is 0.124 e. The summed E-state index contributed by atoms with van der Waals surface area (Å²) in [6, 6.07) is 5.45. The summed E-state index contributed by atoms with van der Waals surface area (Å²) < 4.78 is 10.5. The third-order valence-electron chi connectivity index (χ3n) is 3.44. The van der Waals surface area contributed by atoms with Crippen molar-refractivity contribution in [1.82, 2.24) is 5.32 Å². The lowest BCUT2D eigenvalue weighted by molar-refractivity contribution is 0.155. The van der Waals surface area contributed by atoms with Crippen LogP contribution in [-0.4, -0.2) is 31.4 Å². The number of aliphatic hydroxyl groups excluding tert-OH is 1.